The van der Waals surface area contributed by atoms with Gasteiger partial charge in [0.05, 0.1) is 6.42 Å². The van der Waals surface area contributed by atoms with Gasteiger partial charge in [-0.2, -0.15) is 4.31 Å². The van der Waals surface area contributed by atoms with E-state index in [1.807, 2.05) is 13.8 Å². The highest BCUT2D eigenvalue weighted by atomic mass is 32.2. The Labute approximate surface area is 111 Å². The molecule has 0 bridgehead atoms. The summed E-state index contributed by atoms with van der Waals surface area (Å²) in [4.78, 5) is 11.1. The Balaban J connectivity index is 2.91. The van der Waals surface area contributed by atoms with Gasteiger partial charge in [-0.1, -0.05) is 13.8 Å². The molecule has 0 aliphatic heterocycles. The van der Waals surface area contributed by atoms with Gasteiger partial charge in [-0.15, -0.1) is 11.3 Å². The van der Waals surface area contributed by atoms with Gasteiger partial charge in [0.25, 0.3) is 10.0 Å². The summed E-state index contributed by atoms with van der Waals surface area (Å²) in [5.74, 6) is -0.723. The second-order valence-corrected chi connectivity index (χ2v) is 7.91. The molecule has 0 amide bonds. The highest BCUT2D eigenvalue weighted by Crippen LogP contribution is 2.25. The van der Waals surface area contributed by atoms with E-state index in [1.54, 1.807) is 6.07 Å². The smallest absolute Gasteiger partial charge is 0.308 e. The maximum atomic E-state index is 12.2. The molecular weight excluding hydrogens is 274 g/mol. The summed E-state index contributed by atoms with van der Waals surface area (Å²) < 4.78 is 25.8. The Morgan fingerprint density at radius 1 is 1.44 bits per heavy atom. The number of hydrogen-bond acceptors (Lipinski definition) is 4. The van der Waals surface area contributed by atoms with Crippen molar-refractivity contribution in [1.82, 2.24) is 4.31 Å². The van der Waals surface area contributed by atoms with Crippen LogP contribution in [0, 0.1) is 5.92 Å². The number of rotatable bonds is 6. The fourth-order valence-corrected chi connectivity index (χ4v) is 4.40. The fraction of sp³-hybridized carbons (Fsp3) is 0.545. The van der Waals surface area contributed by atoms with Crippen molar-refractivity contribution in [3.05, 3.63) is 17.0 Å². The van der Waals surface area contributed by atoms with Crippen LogP contribution < -0.4 is 0 Å². The first-order valence-corrected chi connectivity index (χ1v) is 7.76. The molecule has 0 unspecified atom stereocenters. The molecule has 0 aromatic carbocycles. The molecule has 1 N–H and O–H groups in total. The van der Waals surface area contributed by atoms with Gasteiger partial charge >= 0.3 is 5.97 Å². The summed E-state index contributed by atoms with van der Waals surface area (Å²) in [5, 5.41) is 8.65. The average molecular weight is 291 g/mol. The lowest BCUT2D eigenvalue weighted by Gasteiger charge is -2.17. The van der Waals surface area contributed by atoms with Gasteiger partial charge in [-0.3, -0.25) is 4.79 Å². The molecular formula is C11H17NO4S2. The minimum absolute atomic E-state index is 0.145. The van der Waals surface area contributed by atoms with Crippen LogP contribution >= 0.6 is 11.3 Å². The van der Waals surface area contributed by atoms with Crippen LogP contribution in [0.3, 0.4) is 0 Å². The van der Waals surface area contributed by atoms with E-state index in [9.17, 15) is 13.2 Å². The van der Waals surface area contributed by atoms with Crippen LogP contribution in [-0.2, 0) is 21.2 Å². The van der Waals surface area contributed by atoms with E-state index in [0.29, 0.717) is 11.4 Å². The van der Waals surface area contributed by atoms with Gasteiger partial charge in [-0.25, -0.2) is 8.42 Å². The Morgan fingerprint density at radius 3 is 2.56 bits per heavy atom. The van der Waals surface area contributed by atoms with Crippen LogP contribution in [0.4, 0.5) is 0 Å². The van der Waals surface area contributed by atoms with Crippen molar-refractivity contribution in [1.29, 1.82) is 0 Å². The third kappa shape index (κ3) is 3.79. The van der Waals surface area contributed by atoms with Crippen LogP contribution in [0.15, 0.2) is 16.3 Å². The normalized spacial score (nSPS) is 12.3. The summed E-state index contributed by atoms with van der Waals surface area (Å²) in [6, 6.07) is 3.02. The van der Waals surface area contributed by atoms with E-state index in [-0.39, 0.29) is 16.5 Å². The topological polar surface area (TPSA) is 74.7 Å². The van der Waals surface area contributed by atoms with Crippen molar-refractivity contribution in [2.45, 2.75) is 24.5 Å². The van der Waals surface area contributed by atoms with Crippen molar-refractivity contribution >= 4 is 27.3 Å². The summed E-state index contributed by atoms with van der Waals surface area (Å²) in [7, 11) is -1.96. The zero-order valence-corrected chi connectivity index (χ0v) is 12.2. The second-order valence-electron chi connectivity index (χ2n) is 4.47. The molecule has 0 aliphatic carbocycles. The van der Waals surface area contributed by atoms with E-state index in [0.717, 1.165) is 11.3 Å². The zero-order chi connectivity index (χ0) is 13.9. The van der Waals surface area contributed by atoms with Gasteiger partial charge in [0.15, 0.2) is 0 Å². The number of carboxylic acid groups (broad SMARTS) is 1. The van der Waals surface area contributed by atoms with E-state index in [4.69, 9.17) is 5.11 Å². The number of hydrogen-bond donors (Lipinski definition) is 1. The largest absolute Gasteiger partial charge is 0.481 e. The SMILES string of the molecule is CC(C)CN(C)S(=O)(=O)c1ccc(CC(=O)O)s1. The monoisotopic (exact) mass is 291 g/mol. The first kappa shape index (κ1) is 15.1. The van der Waals surface area contributed by atoms with E-state index >= 15 is 0 Å². The summed E-state index contributed by atoms with van der Waals surface area (Å²) >= 11 is 1.01. The first-order valence-electron chi connectivity index (χ1n) is 5.50. The third-order valence-corrected chi connectivity index (χ3v) is 5.63. The van der Waals surface area contributed by atoms with Crippen molar-refractivity contribution in [2.24, 2.45) is 5.92 Å². The summed E-state index contributed by atoms with van der Waals surface area (Å²) in [6.45, 7) is 4.32. The van der Waals surface area contributed by atoms with Gasteiger partial charge < -0.3 is 5.11 Å². The zero-order valence-electron chi connectivity index (χ0n) is 10.6. The van der Waals surface area contributed by atoms with Crippen molar-refractivity contribution in [2.75, 3.05) is 13.6 Å². The summed E-state index contributed by atoms with van der Waals surface area (Å²) in [5.41, 5.74) is 0. The molecule has 1 heterocycles. The molecule has 0 saturated carbocycles. The van der Waals surface area contributed by atoms with Crippen LogP contribution in [-0.4, -0.2) is 37.4 Å². The number of thiophene rings is 1. The van der Waals surface area contributed by atoms with E-state index in [2.05, 4.69) is 0 Å². The predicted molar refractivity (Wildman–Crippen MR) is 70.3 cm³/mol. The molecule has 0 atom stereocenters. The number of sulfonamides is 1. The quantitative estimate of drug-likeness (QED) is 0.865. The average Bonchev–Trinajstić information content (AvgIpc) is 2.64. The first-order chi connectivity index (χ1) is 8.23. The minimum atomic E-state index is -3.49. The van der Waals surface area contributed by atoms with E-state index in [1.165, 1.54) is 17.4 Å². The molecule has 102 valence electrons. The maximum absolute atomic E-state index is 12.2. The number of nitrogens with zero attached hydrogens (tertiary/aromatic N) is 1. The Hall–Kier alpha value is -0.920. The molecule has 18 heavy (non-hydrogen) atoms. The predicted octanol–water partition coefficient (Wildman–Crippen LogP) is 1.65. The molecule has 0 radical (unpaired) electrons. The molecule has 0 fully saturated rings. The fourth-order valence-electron chi connectivity index (χ4n) is 1.51. The Kier molecular flexibility index (Phi) is 4.89. The van der Waals surface area contributed by atoms with Gasteiger partial charge in [0, 0.05) is 18.5 Å². The molecule has 0 spiro atoms. The summed E-state index contributed by atoms with van der Waals surface area (Å²) in [6.07, 6.45) is -0.145. The second kappa shape index (κ2) is 5.81. The molecule has 5 nitrogen and oxygen atoms in total. The molecule has 1 aromatic rings. The third-order valence-electron chi connectivity index (χ3n) is 2.25. The Bertz CT molecular complexity index is 519. The lowest BCUT2D eigenvalue weighted by Crippen LogP contribution is -2.29. The van der Waals surface area contributed by atoms with Gasteiger partial charge in [0.2, 0.25) is 0 Å². The molecule has 1 rings (SSSR count). The van der Waals surface area contributed by atoms with Gasteiger partial charge in [-0.05, 0) is 18.1 Å². The van der Waals surface area contributed by atoms with E-state index < -0.39 is 16.0 Å². The maximum Gasteiger partial charge on any atom is 0.308 e. The molecule has 0 saturated heterocycles. The van der Waals surface area contributed by atoms with Crippen molar-refractivity contribution in [3.8, 4) is 0 Å². The van der Waals surface area contributed by atoms with Crippen molar-refractivity contribution in [3.63, 3.8) is 0 Å². The highest BCUT2D eigenvalue weighted by molar-refractivity contribution is 7.91. The van der Waals surface area contributed by atoms with Crippen LogP contribution in [0.25, 0.3) is 0 Å². The Morgan fingerprint density at radius 2 is 2.06 bits per heavy atom. The van der Waals surface area contributed by atoms with Crippen LogP contribution in [0.2, 0.25) is 0 Å². The van der Waals surface area contributed by atoms with Crippen LogP contribution in [0.5, 0.6) is 0 Å². The minimum Gasteiger partial charge on any atom is -0.481 e. The molecule has 0 aliphatic rings. The van der Waals surface area contributed by atoms with Gasteiger partial charge in [0.1, 0.15) is 4.21 Å². The lowest BCUT2D eigenvalue weighted by molar-refractivity contribution is -0.136. The molecule has 7 heteroatoms. The van der Waals surface area contributed by atoms with Crippen molar-refractivity contribution < 1.29 is 18.3 Å². The standard InChI is InChI=1S/C11H17NO4S2/c1-8(2)7-12(3)18(15,16)11-5-4-9(17-11)6-10(13)14/h4-5,8H,6-7H2,1-3H3,(H,13,14). The number of carbonyl (C=O) groups is 1. The molecule has 1 aromatic heterocycles. The highest BCUT2D eigenvalue weighted by Gasteiger charge is 2.23. The van der Waals surface area contributed by atoms with Crippen LogP contribution in [0.1, 0.15) is 18.7 Å². The number of aliphatic carboxylic acids is 1. The lowest BCUT2D eigenvalue weighted by atomic mass is 10.2. The number of carboxylic acids is 1.